The summed E-state index contributed by atoms with van der Waals surface area (Å²) in [4.78, 5) is 22.5. The highest BCUT2D eigenvalue weighted by Gasteiger charge is 2.22. The third-order valence-corrected chi connectivity index (χ3v) is 4.64. The molecule has 27 heavy (non-hydrogen) atoms. The quantitative estimate of drug-likeness (QED) is 0.608. The van der Waals surface area contributed by atoms with Gasteiger partial charge in [0.2, 0.25) is 0 Å². The predicted octanol–water partition coefficient (Wildman–Crippen LogP) is 2.16. The molecule has 0 atom stereocenters. The average molecular weight is 362 g/mol. The summed E-state index contributed by atoms with van der Waals surface area (Å²) in [6.45, 7) is 3.07. The number of H-pyrrole nitrogens is 1. The van der Waals surface area contributed by atoms with Crippen LogP contribution < -0.4 is 10.6 Å². The van der Waals surface area contributed by atoms with Crippen molar-refractivity contribution in [3.05, 3.63) is 65.4 Å². The number of aromatic amines is 1. The minimum Gasteiger partial charge on any atom is -0.477 e. The minimum absolute atomic E-state index is 0.269. The number of carboxylic acids is 1. The highest BCUT2D eigenvalue weighted by atomic mass is 16.4. The number of carboxylic acid groups (broad SMARTS) is 1. The number of nitrogens with two attached hydrogens (primary N) is 1. The molecule has 8 nitrogen and oxygen atoms in total. The van der Waals surface area contributed by atoms with Crippen LogP contribution in [0.25, 0.3) is 16.8 Å². The SMILES string of the molecule is CC(=C(N)C(=O)O)c1nc(-c2cn[nH]c2)cc(N2Cc3ccccc3C2)n1. The zero-order valence-corrected chi connectivity index (χ0v) is 14.7. The molecule has 8 heteroatoms. The summed E-state index contributed by atoms with van der Waals surface area (Å²) in [6.07, 6.45) is 3.39. The predicted molar refractivity (Wildman–Crippen MR) is 100 cm³/mol. The van der Waals surface area contributed by atoms with Gasteiger partial charge in [0, 0.05) is 36.5 Å². The van der Waals surface area contributed by atoms with Gasteiger partial charge in [0.1, 0.15) is 11.5 Å². The molecule has 0 bridgehead atoms. The molecule has 0 aliphatic carbocycles. The third kappa shape index (κ3) is 3.12. The Kier molecular flexibility index (Phi) is 4.08. The number of hydrogen-bond donors (Lipinski definition) is 3. The molecule has 0 amide bonds. The molecule has 2 aromatic heterocycles. The molecule has 4 N–H and O–H groups in total. The number of anilines is 1. The van der Waals surface area contributed by atoms with Gasteiger partial charge in [-0.3, -0.25) is 5.10 Å². The maximum absolute atomic E-state index is 11.3. The van der Waals surface area contributed by atoms with E-state index in [-0.39, 0.29) is 5.70 Å². The first-order chi connectivity index (χ1) is 13.0. The van der Waals surface area contributed by atoms with Crippen molar-refractivity contribution < 1.29 is 9.90 Å². The van der Waals surface area contributed by atoms with Crippen molar-refractivity contribution in [3.63, 3.8) is 0 Å². The molecule has 1 aliphatic heterocycles. The minimum atomic E-state index is -1.19. The first-order valence-electron chi connectivity index (χ1n) is 8.43. The number of fused-ring (bicyclic) bond motifs is 1. The van der Waals surface area contributed by atoms with Crippen molar-refractivity contribution in [2.24, 2.45) is 5.73 Å². The molecule has 3 heterocycles. The Hall–Kier alpha value is -3.68. The number of nitrogens with one attached hydrogen (secondary N) is 1. The van der Waals surface area contributed by atoms with Crippen LogP contribution in [0.15, 0.2) is 48.4 Å². The molecular weight excluding hydrogens is 344 g/mol. The zero-order chi connectivity index (χ0) is 19.0. The Bertz CT molecular complexity index is 1020. The van der Waals surface area contributed by atoms with Crippen LogP contribution in [0.3, 0.4) is 0 Å². The summed E-state index contributed by atoms with van der Waals surface area (Å²) in [6, 6.07) is 10.1. The molecular formula is C19H18N6O2. The van der Waals surface area contributed by atoms with E-state index in [2.05, 4.69) is 37.2 Å². The van der Waals surface area contributed by atoms with Gasteiger partial charge in [-0.1, -0.05) is 24.3 Å². The number of nitrogens with zero attached hydrogens (tertiary/aromatic N) is 4. The van der Waals surface area contributed by atoms with Crippen molar-refractivity contribution in [2.75, 3.05) is 4.90 Å². The molecule has 1 aromatic carbocycles. The lowest BCUT2D eigenvalue weighted by Gasteiger charge is -2.18. The second-order valence-corrected chi connectivity index (χ2v) is 6.39. The Morgan fingerprint density at radius 2 is 1.93 bits per heavy atom. The van der Waals surface area contributed by atoms with Crippen LogP contribution in [0.5, 0.6) is 0 Å². The number of allylic oxidation sites excluding steroid dienone is 1. The van der Waals surface area contributed by atoms with Crippen LogP contribution in [0.4, 0.5) is 5.82 Å². The summed E-state index contributed by atoms with van der Waals surface area (Å²) in [5.74, 6) is -0.190. The van der Waals surface area contributed by atoms with E-state index in [1.54, 1.807) is 19.3 Å². The lowest BCUT2D eigenvalue weighted by atomic mass is 10.1. The molecule has 0 fully saturated rings. The van der Waals surface area contributed by atoms with Gasteiger partial charge in [0.25, 0.3) is 0 Å². The fourth-order valence-corrected chi connectivity index (χ4v) is 3.08. The number of rotatable bonds is 4. The standard InChI is InChI=1S/C19H18N6O2/c1-11(17(20)19(26)27)18-23-15(14-7-21-22-8-14)6-16(24-18)25-9-12-4-2-3-5-13(12)10-25/h2-8H,9-10,20H2,1H3,(H,21,22)(H,26,27). The van der Waals surface area contributed by atoms with Gasteiger partial charge in [0.15, 0.2) is 5.82 Å². The Morgan fingerprint density at radius 1 is 1.22 bits per heavy atom. The molecule has 136 valence electrons. The van der Waals surface area contributed by atoms with E-state index in [1.165, 1.54) is 11.1 Å². The molecule has 1 aliphatic rings. The fraction of sp³-hybridized carbons (Fsp3) is 0.158. The highest BCUT2D eigenvalue weighted by Crippen LogP contribution is 2.30. The van der Waals surface area contributed by atoms with Crippen molar-refractivity contribution in [3.8, 4) is 11.3 Å². The number of aliphatic carboxylic acids is 1. The van der Waals surface area contributed by atoms with Gasteiger partial charge in [-0.25, -0.2) is 14.8 Å². The van der Waals surface area contributed by atoms with Crippen LogP contribution in [0.1, 0.15) is 23.9 Å². The van der Waals surface area contributed by atoms with E-state index in [4.69, 9.17) is 5.73 Å². The van der Waals surface area contributed by atoms with E-state index < -0.39 is 5.97 Å². The van der Waals surface area contributed by atoms with E-state index >= 15 is 0 Å². The second kappa shape index (κ2) is 6.56. The maximum Gasteiger partial charge on any atom is 0.352 e. The Balaban J connectivity index is 1.80. The summed E-state index contributed by atoms with van der Waals surface area (Å²) in [5, 5.41) is 15.9. The van der Waals surface area contributed by atoms with Crippen LogP contribution in [-0.4, -0.2) is 31.2 Å². The lowest BCUT2D eigenvalue weighted by molar-refractivity contribution is -0.132. The first-order valence-corrected chi connectivity index (χ1v) is 8.43. The zero-order valence-electron chi connectivity index (χ0n) is 14.7. The lowest BCUT2D eigenvalue weighted by Crippen LogP contribution is -2.18. The van der Waals surface area contributed by atoms with E-state index in [0.29, 0.717) is 22.9 Å². The van der Waals surface area contributed by atoms with E-state index in [0.717, 1.165) is 18.7 Å². The Morgan fingerprint density at radius 3 is 2.52 bits per heavy atom. The number of carbonyl (C=O) groups is 1. The van der Waals surface area contributed by atoms with Crippen LogP contribution in [0.2, 0.25) is 0 Å². The first kappa shape index (κ1) is 16.8. The average Bonchev–Trinajstić information content (AvgIpc) is 3.36. The van der Waals surface area contributed by atoms with Gasteiger partial charge >= 0.3 is 5.97 Å². The topological polar surface area (TPSA) is 121 Å². The number of hydrogen-bond acceptors (Lipinski definition) is 6. The van der Waals surface area contributed by atoms with Crippen LogP contribution in [-0.2, 0) is 17.9 Å². The number of benzene rings is 1. The number of aromatic nitrogens is 4. The second-order valence-electron chi connectivity index (χ2n) is 6.39. The van der Waals surface area contributed by atoms with Crippen LogP contribution >= 0.6 is 0 Å². The van der Waals surface area contributed by atoms with Gasteiger partial charge in [-0.15, -0.1) is 0 Å². The van der Waals surface area contributed by atoms with Gasteiger partial charge in [0.05, 0.1) is 11.9 Å². The molecule has 0 spiro atoms. The van der Waals surface area contributed by atoms with Gasteiger partial charge < -0.3 is 15.7 Å². The molecule has 0 saturated carbocycles. The summed E-state index contributed by atoms with van der Waals surface area (Å²) >= 11 is 0. The summed E-state index contributed by atoms with van der Waals surface area (Å²) in [7, 11) is 0. The third-order valence-electron chi connectivity index (χ3n) is 4.64. The van der Waals surface area contributed by atoms with Crippen molar-refractivity contribution in [1.29, 1.82) is 0 Å². The molecule has 4 rings (SSSR count). The largest absolute Gasteiger partial charge is 0.477 e. The summed E-state index contributed by atoms with van der Waals surface area (Å²) < 4.78 is 0. The molecule has 0 saturated heterocycles. The normalized spacial score (nSPS) is 14.0. The van der Waals surface area contributed by atoms with Crippen molar-refractivity contribution in [1.82, 2.24) is 20.2 Å². The van der Waals surface area contributed by atoms with Crippen LogP contribution in [0, 0.1) is 0 Å². The molecule has 0 radical (unpaired) electrons. The van der Waals surface area contributed by atoms with E-state index in [9.17, 15) is 9.90 Å². The van der Waals surface area contributed by atoms with Crippen molar-refractivity contribution >= 4 is 17.4 Å². The van der Waals surface area contributed by atoms with Crippen molar-refractivity contribution in [2.45, 2.75) is 20.0 Å². The van der Waals surface area contributed by atoms with Gasteiger partial charge in [-0.2, -0.15) is 5.10 Å². The molecule has 0 unspecified atom stereocenters. The maximum atomic E-state index is 11.3. The monoisotopic (exact) mass is 362 g/mol. The Labute approximate surface area is 155 Å². The summed E-state index contributed by atoms with van der Waals surface area (Å²) in [5.41, 5.74) is 9.70. The smallest absolute Gasteiger partial charge is 0.352 e. The molecule has 3 aromatic rings. The van der Waals surface area contributed by atoms with E-state index in [1.807, 2.05) is 18.2 Å². The fourth-order valence-electron chi connectivity index (χ4n) is 3.08. The van der Waals surface area contributed by atoms with Gasteiger partial charge in [-0.05, 0) is 18.1 Å². The highest BCUT2D eigenvalue weighted by molar-refractivity contribution is 5.94.